The summed E-state index contributed by atoms with van der Waals surface area (Å²) in [6, 6.07) is 19.4. The molecule has 122 valence electrons. The molecule has 0 unspecified atom stereocenters. The van der Waals surface area contributed by atoms with E-state index in [0.29, 0.717) is 6.04 Å². The monoisotopic (exact) mass is 318 g/mol. The highest BCUT2D eigenvalue weighted by Gasteiger charge is 2.21. The zero-order chi connectivity index (χ0) is 16.4. The highest BCUT2D eigenvalue weighted by Crippen LogP contribution is 2.32. The van der Waals surface area contributed by atoms with Crippen molar-refractivity contribution in [3.63, 3.8) is 0 Å². The van der Waals surface area contributed by atoms with Gasteiger partial charge in [-0.1, -0.05) is 54.6 Å². The summed E-state index contributed by atoms with van der Waals surface area (Å²) in [5.41, 5.74) is 2.07. The maximum Gasteiger partial charge on any atom is 0.159 e. The number of piperidine rings is 1. The van der Waals surface area contributed by atoms with Gasteiger partial charge in [0, 0.05) is 35.5 Å². The highest BCUT2D eigenvalue weighted by molar-refractivity contribution is 6.00. The van der Waals surface area contributed by atoms with Crippen molar-refractivity contribution in [2.45, 2.75) is 18.9 Å². The first-order chi connectivity index (χ1) is 11.9. The predicted molar refractivity (Wildman–Crippen MR) is 99.3 cm³/mol. The molecule has 4 rings (SSSR count). The Labute approximate surface area is 142 Å². The Hall–Kier alpha value is -2.46. The van der Waals surface area contributed by atoms with Crippen LogP contribution in [0.3, 0.4) is 0 Å². The van der Waals surface area contributed by atoms with Gasteiger partial charge in [0.05, 0.1) is 0 Å². The fourth-order valence-corrected chi connectivity index (χ4v) is 3.51. The van der Waals surface area contributed by atoms with Gasteiger partial charge in [-0.2, -0.15) is 0 Å². The molecule has 4 nitrogen and oxygen atoms in total. The third-order valence-corrected chi connectivity index (χ3v) is 4.92. The summed E-state index contributed by atoms with van der Waals surface area (Å²) in [5, 5.41) is 14.9. The van der Waals surface area contributed by atoms with Gasteiger partial charge in [0.2, 0.25) is 0 Å². The first-order valence-corrected chi connectivity index (χ1v) is 8.60. The molecule has 0 saturated carbocycles. The van der Waals surface area contributed by atoms with E-state index in [1.165, 1.54) is 10.8 Å². The summed E-state index contributed by atoms with van der Waals surface area (Å²) in [7, 11) is 2.05. The molecule has 1 fully saturated rings. The first kappa shape index (κ1) is 15.1. The minimum Gasteiger partial charge on any atom is -0.354 e. The lowest BCUT2D eigenvalue weighted by Crippen LogP contribution is -2.41. The zero-order valence-electron chi connectivity index (χ0n) is 13.9. The number of nitrogens with one attached hydrogen (secondary N) is 1. The largest absolute Gasteiger partial charge is 0.354 e. The van der Waals surface area contributed by atoms with Crippen LogP contribution >= 0.6 is 0 Å². The van der Waals surface area contributed by atoms with Crippen LogP contribution in [-0.2, 0) is 0 Å². The molecular weight excluding hydrogens is 296 g/mol. The van der Waals surface area contributed by atoms with Crippen molar-refractivity contribution in [3.05, 3.63) is 54.6 Å². The Balaban J connectivity index is 1.77. The third kappa shape index (κ3) is 2.74. The molecule has 0 spiro atoms. The molecule has 2 heterocycles. The van der Waals surface area contributed by atoms with Gasteiger partial charge in [-0.05, 0) is 19.9 Å². The van der Waals surface area contributed by atoms with Crippen LogP contribution in [0.1, 0.15) is 12.8 Å². The minimum absolute atomic E-state index is 0.615. The molecule has 24 heavy (non-hydrogen) atoms. The average molecular weight is 318 g/mol. The Morgan fingerprint density at radius 2 is 1.54 bits per heavy atom. The van der Waals surface area contributed by atoms with Crippen LogP contribution in [-0.4, -0.2) is 36.4 Å². The second-order valence-electron chi connectivity index (χ2n) is 6.33. The van der Waals surface area contributed by atoms with Crippen LogP contribution in [0.25, 0.3) is 22.0 Å². The molecule has 4 heteroatoms. The minimum atomic E-state index is 0.615. The smallest absolute Gasteiger partial charge is 0.159 e. The van der Waals surface area contributed by atoms with E-state index >= 15 is 0 Å². The normalized spacial score (nSPS) is 15.8. The summed E-state index contributed by atoms with van der Waals surface area (Å²) >= 11 is 0. The van der Waals surface area contributed by atoms with E-state index in [0.717, 1.165) is 43.0 Å². The SMILES string of the molecule is CNC1CCN(c2nnc(-c3ccccc3)c3ccccc23)CC1. The number of hydrogen-bond acceptors (Lipinski definition) is 4. The number of anilines is 1. The molecule has 2 aromatic carbocycles. The molecule has 1 aromatic heterocycles. The maximum absolute atomic E-state index is 4.61. The summed E-state index contributed by atoms with van der Waals surface area (Å²) < 4.78 is 0. The maximum atomic E-state index is 4.61. The molecule has 1 aliphatic rings. The number of benzene rings is 2. The van der Waals surface area contributed by atoms with Gasteiger partial charge in [0.25, 0.3) is 0 Å². The predicted octanol–water partition coefficient (Wildman–Crippen LogP) is 3.49. The van der Waals surface area contributed by atoms with Gasteiger partial charge in [0.15, 0.2) is 5.82 Å². The second kappa shape index (κ2) is 6.57. The molecule has 0 amide bonds. The van der Waals surface area contributed by atoms with Crippen LogP contribution in [0.4, 0.5) is 5.82 Å². The topological polar surface area (TPSA) is 41.0 Å². The number of hydrogen-bond donors (Lipinski definition) is 1. The van der Waals surface area contributed by atoms with Crippen LogP contribution in [0.5, 0.6) is 0 Å². The molecule has 0 bridgehead atoms. The lowest BCUT2D eigenvalue weighted by molar-refractivity contribution is 0.441. The summed E-state index contributed by atoms with van der Waals surface area (Å²) in [5.74, 6) is 1.01. The van der Waals surface area contributed by atoms with E-state index in [-0.39, 0.29) is 0 Å². The molecule has 0 radical (unpaired) electrons. The van der Waals surface area contributed by atoms with Gasteiger partial charge in [0.1, 0.15) is 5.69 Å². The molecule has 0 atom stereocenters. The lowest BCUT2D eigenvalue weighted by atomic mass is 10.0. The Morgan fingerprint density at radius 3 is 2.25 bits per heavy atom. The Morgan fingerprint density at radius 1 is 0.875 bits per heavy atom. The zero-order valence-corrected chi connectivity index (χ0v) is 13.9. The summed E-state index contributed by atoms with van der Waals surface area (Å²) in [6.45, 7) is 2.05. The van der Waals surface area contributed by atoms with Crippen molar-refractivity contribution >= 4 is 16.6 Å². The molecule has 3 aromatic rings. The van der Waals surface area contributed by atoms with Crippen molar-refractivity contribution in [1.82, 2.24) is 15.5 Å². The quantitative estimate of drug-likeness (QED) is 0.802. The van der Waals surface area contributed by atoms with E-state index in [1.807, 2.05) is 25.2 Å². The van der Waals surface area contributed by atoms with Crippen LogP contribution in [0.15, 0.2) is 54.6 Å². The number of fused-ring (bicyclic) bond motifs is 1. The van der Waals surface area contributed by atoms with E-state index in [1.54, 1.807) is 0 Å². The van der Waals surface area contributed by atoms with Crippen molar-refractivity contribution < 1.29 is 0 Å². The van der Waals surface area contributed by atoms with Crippen molar-refractivity contribution in [2.24, 2.45) is 0 Å². The molecule has 1 saturated heterocycles. The van der Waals surface area contributed by atoms with Gasteiger partial charge in [-0.15, -0.1) is 10.2 Å². The first-order valence-electron chi connectivity index (χ1n) is 8.60. The molecular formula is C20H22N4. The Bertz CT molecular complexity index is 823. The summed E-state index contributed by atoms with van der Waals surface area (Å²) in [4.78, 5) is 2.37. The highest BCUT2D eigenvalue weighted by atomic mass is 15.3. The van der Waals surface area contributed by atoms with Crippen molar-refractivity contribution in [3.8, 4) is 11.3 Å². The van der Waals surface area contributed by atoms with Crippen LogP contribution < -0.4 is 10.2 Å². The molecule has 0 aliphatic carbocycles. The van der Waals surface area contributed by atoms with Gasteiger partial charge in [-0.3, -0.25) is 0 Å². The van der Waals surface area contributed by atoms with Crippen LogP contribution in [0, 0.1) is 0 Å². The molecule has 1 N–H and O–H groups in total. The fraction of sp³-hybridized carbons (Fsp3) is 0.300. The van der Waals surface area contributed by atoms with E-state index < -0.39 is 0 Å². The number of nitrogens with zero attached hydrogens (tertiary/aromatic N) is 3. The third-order valence-electron chi connectivity index (χ3n) is 4.92. The number of aromatic nitrogens is 2. The van der Waals surface area contributed by atoms with E-state index in [9.17, 15) is 0 Å². The van der Waals surface area contributed by atoms with Gasteiger partial charge >= 0.3 is 0 Å². The fourth-order valence-electron chi connectivity index (χ4n) is 3.51. The Kier molecular flexibility index (Phi) is 4.13. The van der Waals surface area contributed by atoms with Crippen LogP contribution in [0.2, 0.25) is 0 Å². The van der Waals surface area contributed by atoms with Gasteiger partial charge < -0.3 is 10.2 Å². The van der Waals surface area contributed by atoms with Crippen molar-refractivity contribution in [1.29, 1.82) is 0 Å². The molecule has 1 aliphatic heterocycles. The van der Waals surface area contributed by atoms with E-state index in [2.05, 4.69) is 56.8 Å². The van der Waals surface area contributed by atoms with Crippen molar-refractivity contribution in [2.75, 3.05) is 25.0 Å². The van der Waals surface area contributed by atoms with E-state index in [4.69, 9.17) is 0 Å². The number of rotatable bonds is 3. The summed E-state index contributed by atoms with van der Waals surface area (Å²) in [6.07, 6.45) is 2.29. The lowest BCUT2D eigenvalue weighted by Gasteiger charge is -2.33. The second-order valence-corrected chi connectivity index (χ2v) is 6.33. The van der Waals surface area contributed by atoms with Gasteiger partial charge in [-0.25, -0.2) is 0 Å². The average Bonchev–Trinajstić information content (AvgIpc) is 2.68. The standard InChI is InChI=1S/C20H22N4/c1-21-16-11-13-24(14-12-16)20-18-10-6-5-9-17(18)19(22-23-20)15-7-3-2-4-8-15/h2-10,16,21H,11-14H2,1H3.